The summed E-state index contributed by atoms with van der Waals surface area (Å²) in [6.45, 7) is 3.58. The minimum Gasteiger partial charge on any atom is -0.375 e. The van der Waals surface area contributed by atoms with E-state index in [-0.39, 0.29) is 12.0 Å². The lowest BCUT2D eigenvalue weighted by atomic mass is 10.1. The molecule has 22 heavy (non-hydrogen) atoms. The number of carbonyl (C=O) groups excluding carboxylic acids is 1. The van der Waals surface area contributed by atoms with E-state index in [1.54, 1.807) is 11.0 Å². The highest BCUT2D eigenvalue weighted by Crippen LogP contribution is 2.15. The van der Waals surface area contributed by atoms with Gasteiger partial charge < -0.3 is 14.2 Å². The van der Waals surface area contributed by atoms with Crippen molar-refractivity contribution in [3.63, 3.8) is 0 Å². The van der Waals surface area contributed by atoms with Gasteiger partial charge in [0.05, 0.1) is 18.4 Å². The van der Waals surface area contributed by atoms with Crippen molar-refractivity contribution in [3.05, 3.63) is 53.4 Å². The molecule has 5 nitrogen and oxygen atoms in total. The highest BCUT2D eigenvalue weighted by molar-refractivity contribution is 5.91. The maximum absolute atomic E-state index is 12.4. The van der Waals surface area contributed by atoms with E-state index in [4.69, 9.17) is 9.26 Å². The maximum atomic E-state index is 12.4. The van der Waals surface area contributed by atoms with E-state index >= 15 is 0 Å². The Morgan fingerprint density at radius 3 is 2.91 bits per heavy atom. The van der Waals surface area contributed by atoms with Gasteiger partial charge >= 0.3 is 0 Å². The van der Waals surface area contributed by atoms with Gasteiger partial charge in [-0.15, -0.1) is 0 Å². The molecule has 0 aliphatic carbocycles. The van der Waals surface area contributed by atoms with Gasteiger partial charge in [0.2, 0.25) is 5.76 Å². The fourth-order valence-corrected chi connectivity index (χ4v) is 2.67. The number of ether oxygens (including phenoxy) is 1. The zero-order chi connectivity index (χ0) is 15.4. The van der Waals surface area contributed by atoms with Crippen LogP contribution in [0.2, 0.25) is 0 Å². The van der Waals surface area contributed by atoms with Crippen molar-refractivity contribution in [2.24, 2.45) is 0 Å². The molecule has 1 atom stereocenters. The van der Waals surface area contributed by atoms with E-state index in [0.717, 1.165) is 18.5 Å². The molecule has 1 aromatic heterocycles. The molecule has 3 rings (SSSR count). The summed E-state index contributed by atoms with van der Waals surface area (Å²) in [6, 6.07) is 12.0. The van der Waals surface area contributed by atoms with Gasteiger partial charge in [0.1, 0.15) is 0 Å². The van der Waals surface area contributed by atoms with Crippen LogP contribution < -0.4 is 0 Å². The SMILES string of the molecule is Cc1cc(C(=O)N2CCO[C@@H](CCc3ccccc3)C2)on1. The fourth-order valence-electron chi connectivity index (χ4n) is 2.67. The summed E-state index contributed by atoms with van der Waals surface area (Å²) in [5, 5.41) is 3.77. The molecule has 1 amide bonds. The molecule has 0 unspecified atom stereocenters. The molecule has 0 bridgehead atoms. The van der Waals surface area contributed by atoms with Crippen LogP contribution in [0.15, 0.2) is 40.9 Å². The summed E-state index contributed by atoms with van der Waals surface area (Å²) < 4.78 is 10.8. The Morgan fingerprint density at radius 1 is 1.36 bits per heavy atom. The van der Waals surface area contributed by atoms with Crippen molar-refractivity contribution in [3.8, 4) is 0 Å². The summed E-state index contributed by atoms with van der Waals surface area (Å²) >= 11 is 0. The summed E-state index contributed by atoms with van der Waals surface area (Å²) in [5.74, 6) is 0.204. The molecule has 1 aromatic carbocycles. The second kappa shape index (κ2) is 6.75. The van der Waals surface area contributed by atoms with E-state index in [0.29, 0.717) is 25.5 Å². The number of hydrogen-bond donors (Lipinski definition) is 0. The molecule has 0 spiro atoms. The van der Waals surface area contributed by atoms with Gasteiger partial charge in [-0.2, -0.15) is 0 Å². The molecule has 5 heteroatoms. The first-order valence-corrected chi connectivity index (χ1v) is 7.60. The third-order valence-corrected chi connectivity index (χ3v) is 3.86. The van der Waals surface area contributed by atoms with Crippen LogP contribution >= 0.6 is 0 Å². The first-order valence-electron chi connectivity index (χ1n) is 7.60. The fraction of sp³-hybridized carbons (Fsp3) is 0.412. The van der Waals surface area contributed by atoms with Crippen LogP contribution in [0, 0.1) is 6.92 Å². The Kier molecular flexibility index (Phi) is 4.53. The Morgan fingerprint density at radius 2 is 2.18 bits per heavy atom. The van der Waals surface area contributed by atoms with Crippen LogP contribution in [0.3, 0.4) is 0 Å². The second-order valence-corrected chi connectivity index (χ2v) is 5.60. The van der Waals surface area contributed by atoms with Gasteiger partial charge in [0.15, 0.2) is 0 Å². The number of hydrogen-bond acceptors (Lipinski definition) is 4. The Bertz CT molecular complexity index is 624. The van der Waals surface area contributed by atoms with Crippen LogP contribution in [0.5, 0.6) is 0 Å². The van der Waals surface area contributed by atoms with E-state index in [9.17, 15) is 4.79 Å². The minimum atomic E-state index is -0.103. The number of carbonyl (C=O) groups is 1. The number of amides is 1. The van der Waals surface area contributed by atoms with E-state index in [2.05, 4.69) is 17.3 Å². The zero-order valence-corrected chi connectivity index (χ0v) is 12.7. The number of rotatable bonds is 4. The summed E-state index contributed by atoms with van der Waals surface area (Å²) in [6.07, 6.45) is 1.93. The van der Waals surface area contributed by atoms with Crippen molar-refractivity contribution in [2.75, 3.05) is 19.7 Å². The second-order valence-electron chi connectivity index (χ2n) is 5.60. The van der Waals surface area contributed by atoms with Gasteiger partial charge in [-0.3, -0.25) is 4.79 Å². The van der Waals surface area contributed by atoms with Crippen LogP contribution in [0.25, 0.3) is 0 Å². The lowest BCUT2D eigenvalue weighted by molar-refractivity contribution is -0.0257. The predicted octanol–water partition coefficient (Wildman–Crippen LogP) is 2.46. The van der Waals surface area contributed by atoms with E-state index < -0.39 is 0 Å². The Hall–Kier alpha value is -2.14. The predicted molar refractivity (Wildman–Crippen MR) is 81.6 cm³/mol. The van der Waals surface area contributed by atoms with Gasteiger partial charge in [0, 0.05) is 19.2 Å². The number of morpholine rings is 1. The molecule has 0 radical (unpaired) electrons. The van der Waals surface area contributed by atoms with E-state index in [1.807, 2.05) is 25.1 Å². The largest absolute Gasteiger partial charge is 0.375 e. The van der Waals surface area contributed by atoms with Crippen LogP contribution in [-0.2, 0) is 11.2 Å². The molecule has 0 saturated carbocycles. The smallest absolute Gasteiger partial charge is 0.292 e. The van der Waals surface area contributed by atoms with Crippen molar-refractivity contribution >= 4 is 5.91 Å². The van der Waals surface area contributed by atoms with Crippen molar-refractivity contribution in [2.45, 2.75) is 25.9 Å². The highest BCUT2D eigenvalue weighted by Gasteiger charge is 2.27. The summed E-state index contributed by atoms with van der Waals surface area (Å²) in [5.41, 5.74) is 2.01. The molecule has 1 fully saturated rings. The number of aryl methyl sites for hydroxylation is 2. The lowest BCUT2D eigenvalue weighted by Crippen LogP contribution is -2.45. The van der Waals surface area contributed by atoms with E-state index in [1.165, 1.54) is 5.56 Å². The first-order chi connectivity index (χ1) is 10.7. The van der Waals surface area contributed by atoms with Gasteiger partial charge in [-0.05, 0) is 25.3 Å². The molecule has 1 aliphatic heterocycles. The standard InChI is InChI=1S/C17H20N2O3/c1-13-11-16(22-18-13)17(20)19-9-10-21-15(12-19)8-7-14-5-3-2-4-6-14/h2-6,11,15H,7-10,12H2,1H3/t15-/m0/s1. The average molecular weight is 300 g/mol. The highest BCUT2D eigenvalue weighted by atomic mass is 16.5. The first kappa shape index (κ1) is 14.8. The molecular weight excluding hydrogens is 280 g/mol. The molecule has 0 N–H and O–H groups in total. The summed E-state index contributed by atoms with van der Waals surface area (Å²) in [4.78, 5) is 14.2. The minimum absolute atomic E-state index is 0.0712. The third kappa shape index (κ3) is 3.54. The molecule has 1 saturated heterocycles. The Balaban J connectivity index is 1.56. The van der Waals surface area contributed by atoms with Crippen molar-refractivity contribution in [1.29, 1.82) is 0 Å². The van der Waals surface area contributed by atoms with Crippen molar-refractivity contribution < 1.29 is 14.1 Å². The van der Waals surface area contributed by atoms with Crippen LogP contribution in [0.4, 0.5) is 0 Å². The van der Waals surface area contributed by atoms with Crippen LogP contribution in [0.1, 0.15) is 28.2 Å². The molecule has 2 aromatic rings. The zero-order valence-electron chi connectivity index (χ0n) is 12.7. The molecule has 116 valence electrons. The number of benzene rings is 1. The molecular formula is C17H20N2O3. The molecule has 2 heterocycles. The summed E-state index contributed by atoms with van der Waals surface area (Å²) in [7, 11) is 0. The van der Waals surface area contributed by atoms with Gasteiger partial charge in [-0.25, -0.2) is 0 Å². The average Bonchev–Trinajstić information content (AvgIpc) is 3.00. The normalized spacial score (nSPS) is 18.4. The number of nitrogens with zero attached hydrogens (tertiary/aromatic N) is 2. The topological polar surface area (TPSA) is 55.6 Å². The third-order valence-electron chi connectivity index (χ3n) is 3.86. The van der Waals surface area contributed by atoms with Gasteiger partial charge in [-0.1, -0.05) is 35.5 Å². The van der Waals surface area contributed by atoms with Crippen LogP contribution in [-0.4, -0.2) is 41.8 Å². The molecule has 1 aliphatic rings. The number of aromatic nitrogens is 1. The quantitative estimate of drug-likeness (QED) is 0.870. The van der Waals surface area contributed by atoms with Gasteiger partial charge in [0.25, 0.3) is 5.91 Å². The maximum Gasteiger partial charge on any atom is 0.292 e. The van der Waals surface area contributed by atoms with Crippen molar-refractivity contribution in [1.82, 2.24) is 10.1 Å². The Labute approximate surface area is 129 Å². The monoisotopic (exact) mass is 300 g/mol. The lowest BCUT2D eigenvalue weighted by Gasteiger charge is -2.32.